The summed E-state index contributed by atoms with van der Waals surface area (Å²) >= 11 is 2.99. The molecular weight excluding hydrogens is 316 g/mol. The van der Waals surface area contributed by atoms with Gasteiger partial charge in [-0.05, 0) is 40.2 Å². The molecule has 0 fully saturated rings. The quantitative estimate of drug-likeness (QED) is 0.669. The monoisotopic (exact) mass is 338 g/mol. The molecule has 1 amide bonds. The fraction of sp³-hybridized carbons (Fsp3) is 0.533. The Morgan fingerprint density at radius 3 is 2.55 bits per heavy atom. The normalized spacial score (nSPS) is 12.6. The number of carbonyl (C=O) groups excluding carboxylic acids is 1. The van der Waals surface area contributed by atoms with E-state index in [0.29, 0.717) is 24.1 Å². The van der Waals surface area contributed by atoms with Gasteiger partial charge in [-0.15, -0.1) is 11.3 Å². The van der Waals surface area contributed by atoms with Gasteiger partial charge >= 0.3 is 0 Å². The van der Waals surface area contributed by atoms with Gasteiger partial charge in [0.1, 0.15) is 10.6 Å². The first kappa shape index (κ1) is 17.0. The summed E-state index contributed by atoms with van der Waals surface area (Å²) in [5.41, 5.74) is 7.22. The fourth-order valence-electron chi connectivity index (χ4n) is 2.31. The largest absolute Gasteiger partial charge is 0.383 e. The maximum absolute atomic E-state index is 12.3. The third-order valence-electron chi connectivity index (χ3n) is 3.74. The molecule has 0 aliphatic heterocycles. The molecule has 2 rings (SSSR count). The van der Waals surface area contributed by atoms with Crippen LogP contribution in [0, 0.1) is 13.8 Å². The maximum atomic E-state index is 12.3. The first-order valence-electron chi connectivity index (χ1n) is 7.37. The second-order valence-corrected chi connectivity index (χ2v) is 7.64. The zero-order chi connectivity index (χ0) is 16.4. The Kier molecular flexibility index (Phi) is 5.28. The summed E-state index contributed by atoms with van der Waals surface area (Å²) in [4.78, 5) is 25.2. The lowest BCUT2D eigenvalue weighted by Crippen LogP contribution is -2.36. The molecule has 1 unspecified atom stereocenters. The highest BCUT2D eigenvalue weighted by Crippen LogP contribution is 2.34. The van der Waals surface area contributed by atoms with Crippen LogP contribution >= 0.6 is 23.1 Å². The topological polar surface area (TPSA) is 72.1 Å². The number of hydrogen-bond donors (Lipinski definition) is 1. The summed E-state index contributed by atoms with van der Waals surface area (Å²) in [5, 5.41) is 1.28. The Hall–Kier alpha value is -1.34. The highest BCUT2D eigenvalue weighted by atomic mass is 32.2. The zero-order valence-corrected chi connectivity index (χ0v) is 15.3. The Labute approximate surface area is 139 Å². The van der Waals surface area contributed by atoms with E-state index < -0.39 is 0 Å². The van der Waals surface area contributed by atoms with Crippen LogP contribution in [0.4, 0.5) is 5.82 Å². The number of nitrogens with zero attached hydrogens (tertiary/aromatic N) is 3. The molecule has 2 N–H and O–H groups in total. The minimum atomic E-state index is -0.223. The van der Waals surface area contributed by atoms with Crippen molar-refractivity contribution in [3.8, 4) is 0 Å². The lowest BCUT2D eigenvalue weighted by molar-refractivity contribution is -0.129. The molecule has 120 valence electrons. The third-order valence-corrected chi connectivity index (χ3v) is 5.79. The van der Waals surface area contributed by atoms with E-state index in [0.717, 1.165) is 15.8 Å². The van der Waals surface area contributed by atoms with Gasteiger partial charge in [-0.3, -0.25) is 4.79 Å². The van der Waals surface area contributed by atoms with Crippen LogP contribution in [0.25, 0.3) is 10.2 Å². The van der Waals surface area contributed by atoms with Crippen LogP contribution < -0.4 is 5.73 Å². The first-order valence-corrected chi connectivity index (χ1v) is 9.07. The number of hydrogen-bond acceptors (Lipinski definition) is 6. The number of aryl methyl sites for hydroxylation is 2. The third kappa shape index (κ3) is 3.20. The van der Waals surface area contributed by atoms with E-state index in [1.54, 1.807) is 11.3 Å². The van der Waals surface area contributed by atoms with Gasteiger partial charge in [0.25, 0.3) is 0 Å². The smallest absolute Gasteiger partial charge is 0.235 e. The summed E-state index contributed by atoms with van der Waals surface area (Å²) in [6.07, 6.45) is 0. The average Bonchev–Trinajstić information content (AvgIpc) is 2.75. The van der Waals surface area contributed by atoms with Crippen LogP contribution in [-0.2, 0) is 4.79 Å². The van der Waals surface area contributed by atoms with Gasteiger partial charge in [0.2, 0.25) is 5.91 Å². The molecule has 5 nitrogen and oxygen atoms in total. The SMILES string of the molecule is CCN(CC)C(=O)C(C)Sc1nc(N)c2c(C)c(C)sc2n1. The van der Waals surface area contributed by atoms with E-state index in [4.69, 9.17) is 5.73 Å². The molecule has 7 heteroatoms. The second-order valence-electron chi connectivity index (χ2n) is 5.13. The molecule has 2 heterocycles. The number of anilines is 1. The van der Waals surface area contributed by atoms with Crippen LogP contribution in [0.15, 0.2) is 5.16 Å². The van der Waals surface area contributed by atoms with Crippen LogP contribution in [0.1, 0.15) is 31.2 Å². The van der Waals surface area contributed by atoms with Crippen molar-refractivity contribution < 1.29 is 4.79 Å². The van der Waals surface area contributed by atoms with E-state index in [9.17, 15) is 4.79 Å². The highest BCUT2D eigenvalue weighted by molar-refractivity contribution is 8.00. The van der Waals surface area contributed by atoms with E-state index in [1.165, 1.54) is 16.6 Å². The Morgan fingerprint density at radius 1 is 1.32 bits per heavy atom. The van der Waals surface area contributed by atoms with Crippen molar-refractivity contribution in [3.05, 3.63) is 10.4 Å². The molecule has 0 aromatic carbocycles. The summed E-state index contributed by atoms with van der Waals surface area (Å²) in [6, 6.07) is 0. The number of carbonyl (C=O) groups is 1. The molecule has 0 aliphatic carbocycles. The Balaban J connectivity index is 2.27. The van der Waals surface area contributed by atoms with Crippen molar-refractivity contribution in [3.63, 3.8) is 0 Å². The minimum Gasteiger partial charge on any atom is -0.383 e. The number of thioether (sulfide) groups is 1. The number of rotatable bonds is 5. The molecule has 0 aliphatic rings. The molecule has 0 bridgehead atoms. The van der Waals surface area contributed by atoms with E-state index in [1.807, 2.05) is 32.6 Å². The number of nitrogens with two attached hydrogens (primary N) is 1. The van der Waals surface area contributed by atoms with Crippen LogP contribution in [-0.4, -0.2) is 39.1 Å². The average molecular weight is 339 g/mol. The molecule has 0 radical (unpaired) electrons. The predicted molar refractivity (Wildman–Crippen MR) is 94.5 cm³/mol. The van der Waals surface area contributed by atoms with Gasteiger partial charge in [-0.25, -0.2) is 9.97 Å². The first-order chi connectivity index (χ1) is 10.4. The van der Waals surface area contributed by atoms with Crippen molar-refractivity contribution in [1.29, 1.82) is 0 Å². The van der Waals surface area contributed by atoms with Gasteiger partial charge in [0.05, 0.1) is 10.6 Å². The van der Waals surface area contributed by atoms with Crippen LogP contribution in [0.3, 0.4) is 0 Å². The van der Waals surface area contributed by atoms with Crippen molar-refractivity contribution in [2.45, 2.75) is 45.0 Å². The number of nitrogen functional groups attached to an aromatic ring is 1. The molecular formula is C15H22N4OS2. The Morgan fingerprint density at radius 2 is 1.95 bits per heavy atom. The minimum absolute atomic E-state index is 0.107. The molecule has 0 spiro atoms. The van der Waals surface area contributed by atoms with Gasteiger partial charge in [0.15, 0.2) is 5.16 Å². The zero-order valence-electron chi connectivity index (χ0n) is 13.6. The van der Waals surface area contributed by atoms with E-state index in [-0.39, 0.29) is 11.2 Å². The molecule has 2 aromatic rings. The number of aromatic nitrogens is 2. The standard InChI is InChI=1S/C15H22N4OS2/c1-6-19(7-2)14(20)10(5)22-15-17-12(16)11-8(3)9(4)21-13(11)18-15/h10H,6-7H2,1-5H3,(H2,16,17,18). The summed E-state index contributed by atoms with van der Waals surface area (Å²) in [5.74, 6) is 0.604. The molecule has 0 saturated heterocycles. The van der Waals surface area contributed by atoms with Crippen LogP contribution in [0.2, 0.25) is 0 Å². The number of fused-ring (bicyclic) bond motifs is 1. The molecule has 2 aromatic heterocycles. The Bertz CT molecular complexity index is 694. The van der Waals surface area contributed by atoms with Crippen molar-refractivity contribution >= 4 is 45.0 Å². The van der Waals surface area contributed by atoms with Crippen LogP contribution in [0.5, 0.6) is 0 Å². The molecule has 1 atom stereocenters. The maximum Gasteiger partial charge on any atom is 0.235 e. The molecule has 0 saturated carbocycles. The summed E-state index contributed by atoms with van der Waals surface area (Å²) in [6.45, 7) is 11.4. The lowest BCUT2D eigenvalue weighted by Gasteiger charge is -2.22. The lowest BCUT2D eigenvalue weighted by atomic mass is 10.2. The van der Waals surface area contributed by atoms with Crippen molar-refractivity contribution in [2.75, 3.05) is 18.8 Å². The number of amides is 1. The summed E-state index contributed by atoms with van der Waals surface area (Å²) < 4.78 is 0. The van der Waals surface area contributed by atoms with Crippen molar-refractivity contribution in [2.24, 2.45) is 0 Å². The van der Waals surface area contributed by atoms with Gasteiger partial charge < -0.3 is 10.6 Å². The van der Waals surface area contributed by atoms with Gasteiger partial charge in [-0.2, -0.15) is 0 Å². The van der Waals surface area contributed by atoms with Gasteiger partial charge in [0, 0.05) is 18.0 Å². The number of thiophene rings is 1. The molecule has 22 heavy (non-hydrogen) atoms. The van der Waals surface area contributed by atoms with Crippen molar-refractivity contribution in [1.82, 2.24) is 14.9 Å². The second kappa shape index (κ2) is 6.83. The van der Waals surface area contributed by atoms with E-state index in [2.05, 4.69) is 16.9 Å². The van der Waals surface area contributed by atoms with Gasteiger partial charge in [-0.1, -0.05) is 11.8 Å². The summed E-state index contributed by atoms with van der Waals surface area (Å²) in [7, 11) is 0. The van der Waals surface area contributed by atoms with E-state index >= 15 is 0 Å². The highest BCUT2D eigenvalue weighted by Gasteiger charge is 2.21. The fourth-order valence-corrected chi connectivity index (χ4v) is 4.27. The predicted octanol–water partition coefficient (Wildman–Crippen LogP) is 3.24.